The predicted molar refractivity (Wildman–Crippen MR) is 77.4 cm³/mol. The van der Waals surface area contributed by atoms with E-state index in [1.165, 1.54) is 0 Å². The maximum Gasteiger partial charge on any atom is 0.410 e. The second-order valence-corrected chi connectivity index (χ2v) is 6.64. The molecule has 1 aromatic rings. The number of carbonyl (C=O) groups excluding carboxylic acids is 1. The lowest BCUT2D eigenvalue weighted by atomic mass is 9.95. The summed E-state index contributed by atoms with van der Waals surface area (Å²) in [7, 11) is 0. The van der Waals surface area contributed by atoms with Gasteiger partial charge in [-0.3, -0.25) is 4.90 Å². The van der Waals surface area contributed by atoms with Crippen molar-refractivity contribution in [3.8, 4) is 11.5 Å². The molecule has 1 saturated heterocycles. The molecule has 1 amide bonds. The summed E-state index contributed by atoms with van der Waals surface area (Å²) in [6.45, 7) is 6.26. The number of hydrogen-bond donors (Lipinski definition) is 1. The summed E-state index contributed by atoms with van der Waals surface area (Å²) in [4.78, 5) is 14.2. The number of amides is 1. The number of aromatic hydroxyl groups is 1. The van der Waals surface area contributed by atoms with Crippen LogP contribution in [0.5, 0.6) is 11.5 Å². The highest BCUT2D eigenvalue weighted by atomic mass is 16.6. The summed E-state index contributed by atoms with van der Waals surface area (Å²) in [6.07, 6.45) is 1.43. The van der Waals surface area contributed by atoms with Crippen LogP contribution in [-0.2, 0) is 4.74 Å². The number of rotatable bonds is 0. The number of nitrogens with zero attached hydrogens (tertiary/aromatic N) is 1. The van der Waals surface area contributed by atoms with Crippen molar-refractivity contribution >= 4 is 6.09 Å². The third-order valence-electron chi connectivity index (χ3n) is 3.80. The fraction of sp³-hybridized carbons (Fsp3) is 0.562. The largest absolute Gasteiger partial charge is 0.508 e. The van der Waals surface area contributed by atoms with Crippen molar-refractivity contribution in [2.75, 3.05) is 6.54 Å². The molecular weight excluding hydrogens is 270 g/mol. The van der Waals surface area contributed by atoms with E-state index in [1.807, 2.05) is 26.8 Å². The monoisotopic (exact) mass is 291 g/mol. The summed E-state index contributed by atoms with van der Waals surface area (Å²) >= 11 is 0. The lowest BCUT2D eigenvalue weighted by molar-refractivity contribution is -0.00731. The van der Waals surface area contributed by atoms with E-state index < -0.39 is 5.60 Å². The van der Waals surface area contributed by atoms with Gasteiger partial charge in [-0.1, -0.05) is 0 Å². The van der Waals surface area contributed by atoms with E-state index in [0.29, 0.717) is 12.3 Å². The first-order valence-electron chi connectivity index (χ1n) is 7.34. The fourth-order valence-corrected chi connectivity index (χ4v) is 3.01. The van der Waals surface area contributed by atoms with Gasteiger partial charge in [-0.05, 0) is 45.7 Å². The van der Waals surface area contributed by atoms with Crippen LogP contribution in [0, 0.1) is 0 Å². The maximum atomic E-state index is 12.4. The van der Waals surface area contributed by atoms with Gasteiger partial charge in [-0.15, -0.1) is 0 Å². The Kier molecular flexibility index (Phi) is 3.23. The Hall–Kier alpha value is -1.91. The van der Waals surface area contributed by atoms with Gasteiger partial charge in [0.2, 0.25) is 0 Å². The Labute approximate surface area is 124 Å². The number of fused-ring (bicyclic) bond motifs is 3. The first-order chi connectivity index (χ1) is 9.85. The van der Waals surface area contributed by atoms with Crippen LogP contribution in [0.25, 0.3) is 0 Å². The van der Waals surface area contributed by atoms with Crippen molar-refractivity contribution in [3.05, 3.63) is 23.8 Å². The Morgan fingerprint density at radius 3 is 2.90 bits per heavy atom. The number of phenols is 1. The van der Waals surface area contributed by atoms with Crippen molar-refractivity contribution in [1.29, 1.82) is 0 Å². The van der Waals surface area contributed by atoms with Gasteiger partial charge in [0.1, 0.15) is 29.2 Å². The molecule has 0 bridgehead atoms. The molecule has 1 fully saturated rings. The van der Waals surface area contributed by atoms with Crippen LogP contribution in [0.1, 0.15) is 45.2 Å². The highest BCUT2D eigenvalue weighted by molar-refractivity contribution is 5.70. The van der Waals surface area contributed by atoms with E-state index in [9.17, 15) is 9.90 Å². The van der Waals surface area contributed by atoms with E-state index in [0.717, 1.165) is 18.4 Å². The number of likely N-dealkylation sites (tertiary alicyclic amines) is 1. The lowest BCUT2D eigenvalue weighted by Crippen LogP contribution is -2.46. The topological polar surface area (TPSA) is 59.0 Å². The molecule has 1 aromatic carbocycles. The van der Waals surface area contributed by atoms with Gasteiger partial charge in [0, 0.05) is 18.2 Å². The lowest BCUT2D eigenvalue weighted by Gasteiger charge is -2.37. The molecular formula is C16H21NO4. The Morgan fingerprint density at radius 2 is 2.19 bits per heavy atom. The number of benzene rings is 1. The van der Waals surface area contributed by atoms with Gasteiger partial charge in [0.25, 0.3) is 0 Å². The molecule has 1 N–H and O–H groups in total. The average Bonchev–Trinajstić information content (AvgIpc) is 2.73. The third kappa shape index (κ3) is 2.64. The number of piperidine rings is 1. The molecule has 0 aromatic heterocycles. The van der Waals surface area contributed by atoms with Crippen LogP contribution in [0.2, 0.25) is 0 Å². The molecule has 5 nitrogen and oxygen atoms in total. The first-order valence-corrected chi connectivity index (χ1v) is 7.34. The van der Waals surface area contributed by atoms with Crippen molar-refractivity contribution in [2.24, 2.45) is 0 Å². The Bertz CT molecular complexity index is 564. The van der Waals surface area contributed by atoms with E-state index in [-0.39, 0.29) is 24.0 Å². The van der Waals surface area contributed by atoms with Gasteiger partial charge in [0.05, 0.1) is 0 Å². The molecule has 0 unspecified atom stereocenters. The van der Waals surface area contributed by atoms with Crippen molar-refractivity contribution in [3.63, 3.8) is 0 Å². The maximum absolute atomic E-state index is 12.4. The van der Waals surface area contributed by atoms with Crippen molar-refractivity contribution < 1.29 is 19.4 Å². The summed E-state index contributed by atoms with van der Waals surface area (Å²) in [6, 6.07) is 4.95. The molecule has 2 aliphatic heterocycles. The number of phenolic OH excluding ortho intramolecular Hbond substituents is 1. The second-order valence-electron chi connectivity index (χ2n) is 6.64. The molecule has 0 spiro atoms. The van der Waals surface area contributed by atoms with Crippen LogP contribution in [0.15, 0.2) is 18.2 Å². The van der Waals surface area contributed by atoms with Gasteiger partial charge in [-0.2, -0.15) is 0 Å². The van der Waals surface area contributed by atoms with E-state index in [4.69, 9.17) is 9.47 Å². The summed E-state index contributed by atoms with van der Waals surface area (Å²) in [5.74, 6) is 0.844. The quantitative estimate of drug-likeness (QED) is 0.797. The molecule has 0 saturated carbocycles. The predicted octanol–water partition coefficient (Wildman–Crippen LogP) is 3.23. The standard InChI is InChI=1S/C16H21NO4/c1-16(2,3)21-15(19)17-8-4-5-12-14(17)11-7-6-10(18)9-13(11)20-12/h6-7,9,12,14,18H,4-5,8H2,1-3H3/t12-,14-/m0/s1. The zero-order chi connectivity index (χ0) is 15.2. The Balaban J connectivity index is 1.89. The Morgan fingerprint density at radius 1 is 1.43 bits per heavy atom. The number of carbonyl (C=O) groups is 1. The highest BCUT2D eigenvalue weighted by Gasteiger charge is 2.44. The molecule has 21 heavy (non-hydrogen) atoms. The minimum Gasteiger partial charge on any atom is -0.508 e. The third-order valence-corrected chi connectivity index (χ3v) is 3.80. The van der Waals surface area contributed by atoms with Crippen molar-refractivity contribution in [2.45, 2.75) is 51.4 Å². The SMILES string of the molecule is CC(C)(C)OC(=O)N1CCC[C@@H]2Oc3cc(O)ccc3[C@@H]21. The van der Waals surface area contributed by atoms with Crippen LogP contribution in [0.3, 0.4) is 0 Å². The average molecular weight is 291 g/mol. The zero-order valence-electron chi connectivity index (χ0n) is 12.6. The second kappa shape index (κ2) is 4.83. The van der Waals surface area contributed by atoms with Crippen LogP contribution >= 0.6 is 0 Å². The summed E-state index contributed by atoms with van der Waals surface area (Å²) in [5, 5.41) is 9.57. The number of ether oxygens (including phenoxy) is 2. The molecule has 114 valence electrons. The normalized spacial score (nSPS) is 24.0. The van der Waals surface area contributed by atoms with Gasteiger partial charge in [-0.25, -0.2) is 4.79 Å². The van der Waals surface area contributed by atoms with Crippen molar-refractivity contribution in [1.82, 2.24) is 4.90 Å². The van der Waals surface area contributed by atoms with Gasteiger partial charge in [0.15, 0.2) is 0 Å². The molecule has 3 rings (SSSR count). The molecule has 2 atom stereocenters. The number of hydrogen-bond acceptors (Lipinski definition) is 4. The summed E-state index contributed by atoms with van der Waals surface area (Å²) in [5.41, 5.74) is 0.435. The smallest absolute Gasteiger partial charge is 0.410 e. The molecule has 2 aliphatic rings. The molecule has 0 radical (unpaired) electrons. The molecule has 0 aliphatic carbocycles. The van der Waals surface area contributed by atoms with Gasteiger partial charge < -0.3 is 14.6 Å². The fourth-order valence-electron chi connectivity index (χ4n) is 3.01. The minimum atomic E-state index is -0.513. The molecule has 2 heterocycles. The minimum absolute atomic E-state index is 0.0527. The summed E-state index contributed by atoms with van der Waals surface area (Å²) < 4.78 is 11.4. The zero-order valence-corrected chi connectivity index (χ0v) is 12.6. The van der Waals surface area contributed by atoms with E-state index >= 15 is 0 Å². The molecule has 5 heteroatoms. The van der Waals surface area contributed by atoms with E-state index in [1.54, 1.807) is 17.0 Å². The van der Waals surface area contributed by atoms with Crippen LogP contribution in [0.4, 0.5) is 4.79 Å². The van der Waals surface area contributed by atoms with E-state index in [2.05, 4.69) is 0 Å². The van der Waals surface area contributed by atoms with Crippen LogP contribution < -0.4 is 4.74 Å². The first kappa shape index (κ1) is 14.0. The van der Waals surface area contributed by atoms with Crippen LogP contribution in [-0.4, -0.2) is 34.3 Å². The highest BCUT2D eigenvalue weighted by Crippen LogP contribution is 2.45. The van der Waals surface area contributed by atoms with Gasteiger partial charge >= 0.3 is 6.09 Å².